The topological polar surface area (TPSA) is 0 Å². The van der Waals surface area contributed by atoms with Crippen LogP contribution in [0.2, 0.25) is 0 Å². The summed E-state index contributed by atoms with van der Waals surface area (Å²) in [6, 6.07) is 0. The third kappa shape index (κ3) is 55.6. The van der Waals surface area contributed by atoms with Crippen molar-refractivity contribution in [3.63, 3.8) is 0 Å². The Labute approximate surface area is 60.0 Å². The van der Waals surface area contributed by atoms with E-state index in [-0.39, 0.29) is 33.9 Å². The van der Waals surface area contributed by atoms with E-state index in [4.69, 9.17) is 0 Å². The van der Waals surface area contributed by atoms with Crippen LogP contribution in [0.15, 0.2) is 0 Å². The SMILES string of the molecule is [Cr].[F][Al]([F])[F].[Ni]. The molecule has 0 nitrogen and oxygen atoms in total. The van der Waals surface area contributed by atoms with Crippen LogP contribution in [0.3, 0.4) is 0 Å². The number of hydrogen-bond acceptors (Lipinski definition) is 0. The fourth-order valence-electron chi connectivity index (χ4n) is 0. The summed E-state index contributed by atoms with van der Waals surface area (Å²) >= 11 is -4.64. The Bertz CT molecular complexity index is 15.5. The Morgan fingerprint density at radius 1 is 1.00 bits per heavy atom. The summed E-state index contributed by atoms with van der Waals surface area (Å²) in [4.78, 5) is 0. The van der Waals surface area contributed by atoms with Gasteiger partial charge in [-0.25, -0.2) is 0 Å². The first-order valence-electron chi connectivity index (χ1n) is 0.655. The first-order valence-corrected chi connectivity index (χ1v) is 1.96. The van der Waals surface area contributed by atoms with Gasteiger partial charge in [0.25, 0.3) is 0 Å². The number of halogens is 3. The van der Waals surface area contributed by atoms with Crippen molar-refractivity contribution in [2.24, 2.45) is 0 Å². The minimum absolute atomic E-state index is 0. The predicted octanol–water partition coefficient (Wildman–Crippen LogP) is 0.875. The molecule has 40 valence electrons. The summed E-state index contributed by atoms with van der Waals surface area (Å²) in [6.45, 7) is 0. The maximum absolute atomic E-state index is 9.81. The van der Waals surface area contributed by atoms with Gasteiger partial charge in [-0.1, -0.05) is 0 Å². The molecule has 0 saturated heterocycles. The molecule has 6 heavy (non-hydrogen) atoms. The van der Waals surface area contributed by atoms with E-state index in [0.29, 0.717) is 0 Å². The van der Waals surface area contributed by atoms with Gasteiger partial charge in [0.1, 0.15) is 0 Å². The van der Waals surface area contributed by atoms with E-state index in [2.05, 4.69) is 0 Å². The first kappa shape index (κ1) is 15.7. The van der Waals surface area contributed by atoms with Crippen LogP contribution in [0, 0.1) is 0 Å². The van der Waals surface area contributed by atoms with Crippen LogP contribution >= 0.6 is 0 Å². The van der Waals surface area contributed by atoms with Crippen molar-refractivity contribution < 1.29 is 44.4 Å². The summed E-state index contributed by atoms with van der Waals surface area (Å²) in [6.07, 6.45) is 0. The summed E-state index contributed by atoms with van der Waals surface area (Å²) in [5.41, 5.74) is 0. The molecule has 0 fully saturated rings. The number of rotatable bonds is 0. The Balaban J connectivity index is -0.0000000450. The monoisotopic (exact) mass is 194 g/mol. The molecule has 0 spiro atoms. The molecule has 0 saturated carbocycles. The molecule has 6 heteroatoms. The fraction of sp³-hybridized carbons (Fsp3) is 0. The van der Waals surface area contributed by atoms with Crippen LogP contribution < -0.4 is 0 Å². The minimum atomic E-state index is -4.64. The largest absolute Gasteiger partial charge is 1.04 e. The maximum atomic E-state index is 9.81. The van der Waals surface area contributed by atoms with Gasteiger partial charge in [0.05, 0.1) is 0 Å². The van der Waals surface area contributed by atoms with Crippen molar-refractivity contribution in [3.8, 4) is 0 Å². The van der Waals surface area contributed by atoms with Crippen molar-refractivity contribution in [2.45, 2.75) is 0 Å². The van der Waals surface area contributed by atoms with Gasteiger partial charge in [-0.15, -0.1) is 0 Å². The van der Waals surface area contributed by atoms with E-state index in [1.54, 1.807) is 0 Å². The van der Waals surface area contributed by atoms with Gasteiger partial charge in [-0.2, -0.15) is 0 Å². The van der Waals surface area contributed by atoms with Crippen molar-refractivity contribution in [1.29, 1.82) is 0 Å². The Hall–Kier alpha value is 1.35. The normalized spacial score (nSPS) is 4.50. The van der Waals surface area contributed by atoms with Crippen molar-refractivity contribution in [2.75, 3.05) is 0 Å². The quantitative estimate of drug-likeness (QED) is 0.503. The van der Waals surface area contributed by atoms with Gasteiger partial charge < -0.3 is 10.6 Å². The molecule has 0 aromatic carbocycles. The maximum Gasteiger partial charge on any atom is 1.04 e. The second-order valence-corrected chi connectivity index (χ2v) is 0.742. The van der Waals surface area contributed by atoms with Crippen LogP contribution in [-0.4, -0.2) is 15.5 Å². The molecule has 0 atom stereocenters. The molecule has 0 N–H and O–H groups in total. The van der Waals surface area contributed by atoms with E-state index >= 15 is 0 Å². The number of hydrogen-bond donors (Lipinski definition) is 0. The zero-order valence-corrected chi connectivity index (χ0v) is 5.85. The van der Waals surface area contributed by atoms with Crippen LogP contribution in [0.5, 0.6) is 0 Å². The van der Waals surface area contributed by atoms with E-state index in [0.717, 1.165) is 0 Å². The van der Waals surface area contributed by atoms with E-state index < -0.39 is 15.5 Å². The standard InChI is InChI=1S/Al.Cr.3FH.Ni/h;;3*1H;/q+3;;;;;/p-3. The van der Waals surface area contributed by atoms with Crippen molar-refractivity contribution in [3.05, 3.63) is 0 Å². The Morgan fingerprint density at radius 3 is 1.00 bits per heavy atom. The summed E-state index contributed by atoms with van der Waals surface area (Å²) in [7, 11) is 0. The molecular weight excluding hydrogens is 195 g/mol. The molecule has 0 heterocycles. The molecule has 0 rings (SSSR count). The van der Waals surface area contributed by atoms with Gasteiger partial charge in [0.2, 0.25) is 0 Å². The van der Waals surface area contributed by atoms with Crippen LogP contribution in [-0.2, 0) is 33.9 Å². The van der Waals surface area contributed by atoms with Crippen LogP contribution in [0.4, 0.5) is 10.6 Å². The molecule has 0 aromatic rings. The zero-order valence-electron chi connectivity index (χ0n) is 2.44. The second-order valence-electron chi connectivity index (χ2n) is 0.247. The average Bonchev–Trinajstić information content (AvgIpc) is 0.811. The van der Waals surface area contributed by atoms with E-state index in [9.17, 15) is 10.6 Å². The molecule has 0 unspecified atom stereocenters. The van der Waals surface area contributed by atoms with Crippen molar-refractivity contribution >= 4 is 15.5 Å². The van der Waals surface area contributed by atoms with Gasteiger partial charge in [0.15, 0.2) is 0 Å². The summed E-state index contributed by atoms with van der Waals surface area (Å²) in [5, 5.41) is 0. The first-order chi connectivity index (χ1) is 1.73. The smallest absolute Gasteiger partial charge is 0.346 e. The zero-order chi connectivity index (χ0) is 3.58. The third-order valence-corrected chi connectivity index (χ3v) is 0. The third-order valence-electron chi connectivity index (χ3n) is 0. The summed E-state index contributed by atoms with van der Waals surface area (Å²) < 4.78 is 29.4. The average molecular weight is 195 g/mol. The molecule has 0 aliphatic rings. The molecule has 0 aliphatic carbocycles. The summed E-state index contributed by atoms with van der Waals surface area (Å²) in [5.74, 6) is 0. The van der Waals surface area contributed by atoms with Gasteiger partial charge in [-0.3, -0.25) is 0 Å². The molecule has 0 aromatic heterocycles. The van der Waals surface area contributed by atoms with Gasteiger partial charge >= 0.3 is 15.5 Å². The fourth-order valence-corrected chi connectivity index (χ4v) is 0. The van der Waals surface area contributed by atoms with Crippen LogP contribution in [0.1, 0.15) is 0 Å². The molecule has 0 radical (unpaired) electrons. The van der Waals surface area contributed by atoms with E-state index in [1.807, 2.05) is 0 Å². The van der Waals surface area contributed by atoms with Crippen LogP contribution in [0.25, 0.3) is 0 Å². The molecule has 0 amide bonds. The minimum Gasteiger partial charge on any atom is -0.346 e. The van der Waals surface area contributed by atoms with E-state index in [1.165, 1.54) is 0 Å². The van der Waals surface area contributed by atoms with Gasteiger partial charge in [0, 0.05) is 33.9 Å². The second kappa shape index (κ2) is 9.60. The molecule has 0 aliphatic heterocycles. The molecular formula is AlCrF3Ni. The predicted molar refractivity (Wildman–Crippen MR) is 9.08 cm³/mol. The Kier molecular flexibility index (Phi) is 25.1. The Morgan fingerprint density at radius 2 is 1.00 bits per heavy atom. The molecule has 0 bridgehead atoms. The van der Waals surface area contributed by atoms with Gasteiger partial charge in [-0.05, 0) is 0 Å². The van der Waals surface area contributed by atoms with Crippen molar-refractivity contribution in [1.82, 2.24) is 0 Å².